The molecule has 0 radical (unpaired) electrons. The molecule has 2 aliphatic rings. The number of amides is 1. The van der Waals surface area contributed by atoms with Crippen LogP contribution in [0.5, 0.6) is 17.4 Å². The van der Waals surface area contributed by atoms with Crippen molar-refractivity contribution < 1.29 is 32.2 Å². The second-order valence-corrected chi connectivity index (χ2v) is 10.1. The molecule has 0 saturated carbocycles. The summed E-state index contributed by atoms with van der Waals surface area (Å²) in [7, 11) is 1.60. The molecule has 0 atom stereocenters. The third-order valence-corrected chi connectivity index (χ3v) is 7.43. The number of benzene rings is 2. The van der Waals surface area contributed by atoms with Crippen LogP contribution < -0.4 is 19.7 Å². The first-order chi connectivity index (χ1) is 19.8. The Labute approximate surface area is 237 Å². The minimum absolute atomic E-state index is 0.386. The average molecular weight is 571 g/mol. The van der Waals surface area contributed by atoms with Gasteiger partial charge < -0.3 is 24.4 Å². The zero-order valence-corrected chi connectivity index (χ0v) is 22.8. The highest BCUT2D eigenvalue weighted by molar-refractivity contribution is 5.70. The number of carbonyl (C=O) groups is 1. The van der Waals surface area contributed by atoms with Crippen molar-refractivity contribution in [1.82, 2.24) is 15.2 Å². The van der Waals surface area contributed by atoms with Crippen LogP contribution in [0.1, 0.15) is 30.4 Å². The van der Waals surface area contributed by atoms with E-state index in [4.69, 9.17) is 14.2 Å². The second-order valence-electron chi connectivity index (χ2n) is 10.1. The van der Waals surface area contributed by atoms with Crippen molar-refractivity contribution in [3.8, 4) is 17.4 Å². The minimum atomic E-state index is -4.55. The number of alkyl halides is 3. The van der Waals surface area contributed by atoms with Gasteiger partial charge in [0.2, 0.25) is 5.88 Å². The van der Waals surface area contributed by atoms with E-state index in [1.165, 1.54) is 0 Å². The summed E-state index contributed by atoms with van der Waals surface area (Å²) >= 11 is 0. The lowest BCUT2D eigenvalue weighted by atomic mass is 9.79. The molecule has 2 aromatic carbocycles. The first-order valence-corrected chi connectivity index (χ1v) is 13.7. The quantitative estimate of drug-likeness (QED) is 0.330. The summed E-state index contributed by atoms with van der Waals surface area (Å²) in [5.74, 6) is 2.50. The SMILES string of the molecule is COc1cccc(N2CCN(CCCCC3(OC(=O)NCC(F)(F)F)c4ccccc4Oc4ccccc43)CC2)n1. The van der Waals surface area contributed by atoms with E-state index in [-0.39, 0.29) is 0 Å². The number of pyridine rings is 1. The van der Waals surface area contributed by atoms with Crippen molar-refractivity contribution in [2.24, 2.45) is 0 Å². The number of piperazine rings is 1. The lowest BCUT2D eigenvalue weighted by molar-refractivity contribution is -0.124. The number of hydrogen-bond donors (Lipinski definition) is 1. The van der Waals surface area contributed by atoms with Crippen LogP contribution in [-0.4, -0.2) is 68.5 Å². The predicted octanol–water partition coefficient (Wildman–Crippen LogP) is 5.72. The molecule has 1 aromatic heterocycles. The van der Waals surface area contributed by atoms with Gasteiger partial charge in [0.05, 0.1) is 7.11 Å². The molecule has 0 bridgehead atoms. The molecule has 1 N–H and O–H groups in total. The third-order valence-electron chi connectivity index (χ3n) is 7.43. The maximum atomic E-state index is 12.8. The molecular weight excluding hydrogens is 537 g/mol. The van der Waals surface area contributed by atoms with Crippen LogP contribution in [0.15, 0.2) is 66.7 Å². The number of para-hydroxylation sites is 2. The summed E-state index contributed by atoms with van der Waals surface area (Å²) < 4.78 is 55.8. The van der Waals surface area contributed by atoms with E-state index >= 15 is 0 Å². The maximum absolute atomic E-state index is 12.8. The number of ether oxygens (including phenoxy) is 3. The average Bonchev–Trinajstić information content (AvgIpc) is 2.98. The molecule has 0 spiro atoms. The van der Waals surface area contributed by atoms with Gasteiger partial charge in [0, 0.05) is 43.4 Å². The van der Waals surface area contributed by atoms with E-state index in [2.05, 4.69) is 14.8 Å². The molecule has 1 fully saturated rings. The van der Waals surface area contributed by atoms with E-state index < -0.39 is 24.4 Å². The molecule has 3 aromatic rings. The van der Waals surface area contributed by atoms with E-state index in [9.17, 15) is 18.0 Å². The summed E-state index contributed by atoms with van der Waals surface area (Å²) in [5.41, 5.74) is -0.0711. The fourth-order valence-corrected chi connectivity index (χ4v) is 5.44. The van der Waals surface area contributed by atoms with Gasteiger partial charge in [-0.15, -0.1) is 0 Å². The van der Waals surface area contributed by atoms with Crippen LogP contribution in [0.25, 0.3) is 0 Å². The van der Waals surface area contributed by atoms with Gasteiger partial charge in [0.1, 0.15) is 23.9 Å². The van der Waals surface area contributed by atoms with Gasteiger partial charge in [0.25, 0.3) is 0 Å². The number of nitrogens with one attached hydrogen (secondary N) is 1. The number of alkyl carbamates (subject to hydrolysis) is 1. The Hall–Kier alpha value is -3.99. The minimum Gasteiger partial charge on any atom is -0.481 e. The Bertz CT molecular complexity index is 1300. The van der Waals surface area contributed by atoms with Gasteiger partial charge in [-0.3, -0.25) is 4.90 Å². The highest BCUT2D eigenvalue weighted by Gasteiger charge is 2.45. The number of unbranched alkanes of at least 4 members (excludes halogenated alkanes) is 1. The first-order valence-electron chi connectivity index (χ1n) is 13.7. The fourth-order valence-electron chi connectivity index (χ4n) is 5.44. The fraction of sp³-hybridized carbons (Fsp3) is 0.400. The standard InChI is InChI=1S/C30H33F3N4O4/c1-39-27-14-8-13-26(35-27)37-19-17-36(18-20-37)16-7-6-15-29(41-28(38)34-21-30(31,32)33)22-9-2-4-11-24(22)40-25-12-5-3-10-23(25)29/h2-5,8-14H,6-7,15-21H2,1H3,(H,34,38). The normalized spacial score (nSPS) is 16.2. The van der Waals surface area contributed by atoms with Gasteiger partial charge in [-0.25, -0.2) is 4.79 Å². The third kappa shape index (κ3) is 6.67. The van der Waals surface area contributed by atoms with Crippen molar-refractivity contribution in [2.45, 2.75) is 31.0 Å². The predicted molar refractivity (Wildman–Crippen MR) is 148 cm³/mol. The molecule has 2 aliphatic heterocycles. The van der Waals surface area contributed by atoms with Crippen LogP contribution in [0.4, 0.5) is 23.8 Å². The molecular formula is C30H33F3N4O4. The van der Waals surface area contributed by atoms with E-state index in [0.29, 0.717) is 41.3 Å². The van der Waals surface area contributed by atoms with Crippen LogP contribution >= 0.6 is 0 Å². The Morgan fingerprint density at radius 2 is 1.61 bits per heavy atom. The van der Waals surface area contributed by atoms with Crippen molar-refractivity contribution >= 4 is 11.9 Å². The highest BCUT2D eigenvalue weighted by Crippen LogP contribution is 2.51. The number of fused-ring (bicyclic) bond motifs is 2. The molecule has 218 valence electrons. The Morgan fingerprint density at radius 3 is 2.24 bits per heavy atom. The number of nitrogens with zero attached hydrogens (tertiary/aromatic N) is 3. The summed E-state index contributed by atoms with van der Waals surface area (Å²) in [4.78, 5) is 21.9. The Morgan fingerprint density at radius 1 is 0.951 bits per heavy atom. The number of carbonyl (C=O) groups excluding carboxylic acids is 1. The number of hydrogen-bond acceptors (Lipinski definition) is 7. The van der Waals surface area contributed by atoms with Crippen LogP contribution in [-0.2, 0) is 10.3 Å². The number of halogens is 3. The summed E-state index contributed by atoms with van der Waals surface area (Å²) in [6.07, 6.45) is -3.80. The van der Waals surface area contributed by atoms with Crippen molar-refractivity contribution in [2.75, 3.05) is 51.3 Å². The number of methoxy groups -OCH3 is 1. The smallest absolute Gasteiger partial charge is 0.408 e. The number of aromatic nitrogens is 1. The van der Waals surface area contributed by atoms with Crippen LogP contribution in [0, 0.1) is 0 Å². The van der Waals surface area contributed by atoms with Crippen LogP contribution in [0.2, 0.25) is 0 Å². The second kappa shape index (κ2) is 12.3. The lowest BCUT2D eigenvalue weighted by Gasteiger charge is -2.40. The number of rotatable bonds is 9. The zero-order valence-electron chi connectivity index (χ0n) is 22.8. The van der Waals surface area contributed by atoms with Gasteiger partial charge in [0.15, 0.2) is 5.60 Å². The molecule has 41 heavy (non-hydrogen) atoms. The molecule has 11 heteroatoms. The summed E-state index contributed by atoms with van der Waals surface area (Å²) in [6, 6.07) is 20.1. The lowest BCUT2D eigenvalue weighted by Crippen LogP contribution is -2.47. The molecule has 1 amide bonds. The number of anilines is 1. The van der Waals surface area contributed by atoms with Crippen molar-refractivity contribution in [3.05, 3.63) is 77.9 Å². The first kappa shape index (κ1) is 28.5. The van der Waals surface area contributed by atoms with Gasteiger partial charge in [-0.2, -0.15) is 18.2 Å². The molecule has 8 nitrogen and oxygen atoms in total. The molecule has 3 heterocycles. The maximum Gasteiger partial charge on any atom is 0.408 e. The van der Waals surface area contributed by atoms with Crippen molar-refractivity contribution in [1.29, 1.82) is 0 Å². The summed E-state index contributed by atoms with van der Waals surface area (Å²) in [6.45, 7) is 2.80. The molecule has 5 rings (SSSR count). The topological polar surface area (TPSA) is 76.2 Å². The van der Waals surface area contributed by atoms with Crippen molar-refractivity contribution in [3.63, 3.8) is 0 Å². The molecule has 0 unspecified atom stereocenters. The largest absolute Gasteiger partial charge is 0.481 e. The van der Waals surface area contributed by atoms with Gasteiger partial charge >= 0.3 is 12.3 Å². The zero-order chi connectivity index (χ0) is 28.9. The highest BCUT2D eigenvalue weighted by atomic mass is 19.4. The Kier molecular flexibility index (Phi) is 8.53. The van der Waals surface area contributed by atoms with E-state index in [1.807, 2.05) is 35.6 Å². The van der Waals surface area contributed by atoms with Crippen LogP contribution in [0.3, 0.4) is 0 Å². The van der Waals surface area contributed by atoms with Gasteiger partial charge in [-0.05, 0) is 44.0 Å². The van der Waals surface area contributed by atoms with Gasteiger partial charge in [-0.1, -0.05) is 42.5 Å². The van der Waals surface area contributed by atoms with E-state index in [1.54, 1.807) is 43.5 Å². The van der Waals surface area contributed by atoms with E-state index in [0.717, 1.165) is 45.0 Å². The summed E-state index contributed by atoms with van der Waals surface area (Å²) in [5, 5.41) is 1.87. The monoisotopic (exact) mass is 570 g/mol. The molecule has 0 aliphatic carbocycles. The molecule has 1 saturated heterocycles. The Balaban J connectivity index is 1.26.